The standard InChI is InChI=1S/C30H19BrCl2N2O3S/c31-24-16-19(12-14-27(24)38-18-20-11-13-25(32)26(33)17-20)15-23-28(36)34(21-7-3-1-4-8-21)30(39)35(29(23)37)22-9-5-2-6-10-22/h1-17H,18H2. The van der Waals surface area contributed by atoms with Crippen molar-refractivity contribution in [3.63, 3.8) is 0 Å². The van der Waals surface area contributed by atoms with Gasteiger partial charge in [0.2, 0.25) is 0 Å². The SMILES string of the molecule is O=C1C(=Cc2ccc(OCc3ccc(Cl)c(Cl)c3)c(Br)c2)C(=O)N(c2ccccc2)C(=S)N1c1ccccc1. The summed E-state index contributed by atoms with van der Waals surface area (Å²) in [4.78, 5) is 30.1. The number of hydrogen-bond acceptors (Lipinski definition) is 4. The average molecular weight is 638 g/mol. The molecule has 0 radical (unpaired) electrons. The average Bonchev–Trinajstić information content (AvgIpc) is 2.94. The molecule has 1 fully saturated rings. The van der Waals surface area contributed by atoms with Gasteiger partial charge < -0.3 is 4.74 Å². The van der Waals surface area contributed by atoms with Crippen molar-refractivity contribution in [2.24, 2.45) is 0 Å². The molecule has 0 unspecified atom stereocenters. The van der Waals surface area contributed by atoms with Crippen molar-refractivity contribution in [3.05, 3.63) is 128 Å². The van der Waals surface area contributed by atoms with Gasteiger partial charge in [-0.25, -0.2) is 0 Å². The van der Waals surface area contributed by atoms with E-state index in [9.17, 15) is 9.59 Å². The van der Waals surface area contributed by atoms with E-state index in [0.29, 0.717) is 37.2 Å². The molecule has 0 N–H and O–H groups in total. The van der Waals surface area contributed by atoms with E-state index in [4.69, 9.17) is 40.2 Å². The topological polar surface area (TPSA) is 49.9 Å². The summed E-state index contributed by atoms with van der Waals surface area (Å²) in [5.41, 5.74) is 2.61. The molecule has 0 aromatic heterocycles. The molecule has 39 heavy (non-hydrogen) atoms. The number of thiocarbonyl (C=S) groups is 1. The number of hydrogen-bond donors (Lipinski definition) is 0. The number of amides is 2. The third-order valence-electron chi connectivity index (χ3n) is 5.92. The Morgan fingerprint density at radius 3 is 1.90 bits per heavy atom. The minimum Gasteiger partial charge on any atom is -0.488 e. The van der Waals surface area contributed by atoms with Crippen LogP contribution in [0.4, 0.5) is 11.4 Å². The predicted molar refractivity (Wildman–Crippen MR) is 163 cm³/mol. The summed E-state index contributed by atoms with van der Waals surface area (Å²) in [6, 6.07) is 28.7. The maximum absolute atomic E-state index is 13.7. The van der Waals surface area contributed by atoms with E-state index in [1.54, 1.807) is 60.7 Å². The lowest BCUT2D eigenvalue weighted by Gasteiger charge is -2.36. The van der Waals surface area contributed by atoms with Crippen LogP contribution < -0.4 is 14.5 Å². The fraction of sp³-hybridized carbons (Fsp3) is 0.0333. The molecule has 1 heterocycles. The summed E-state index contributed by atoms with van der Waals surface area (Å²) >= 11 is 21.3. The zero-order valence-electron chi connectivity index (χ0n) is 20.2. The maximum atomic E-state index is 13.7. The van der Waals surface area contributed by atoms with Crippen molar-refractivity contribution < 1.29 is 14.3 Å². The van der Waals surface area contributed by atoms with E-state index in [1.165, 1.54) is 9.80 Å². The third-order valence-corrected chi connectivity index (χ3v) is 7.65. The molecule has 2 amide bonds. The van der Waals surface area contributed by atoms with Gasteiger partial charge in [0.1, 0.15) is 17.9 Å². The Morgan fingerprint density at radius 1 is 0.769 bits per heavy atom. The summed E-state index contributed by atoms with van der Waals surface area (Å²) in [7, 11) is 0. The van der Waals surface area contributed by atoms with Crippen molar-refractivity contribution in [3.8, 4) is 5.75 Å². The number of nitrogens with zero attached hydrogens (tertiary/aromatic N) is 2. The van der Waals surface area contributed by atoms with Gasteiger partial charge in [0.15, 0.2) is 5.11 Å². The van der Waals surface area contributed by atoms with Crippen LogP contribution in [-0.2, 0) is 16.2 Å². The first-order valence-corrected chi connectivity index (χ1v) is 13.7. The van der Waals surface area contributed by atoms with Gasteiger partial charge in [-0.05, 0) is 93.9 Å². The lowest BCUT2D eigenvalue weighted by Crippen LogP contribution is -2.56. The second-order valence-electron chi connectivity index (χ2n) is 8.52. The van der Waals surface area contributed by atoms with Crippen LogP contribution >= 0.6 is 51.3 Å². The minimum atomic E-state index is -0.501. The molecule has 0 atom stereocenters. The zero-order chi connectivity index (χ0) is 27.5. The van der Waals surface area contributed by atoms with Gasteiger partial charge in [0.05, 0.1) is 25.9 Å². The van der Waals surface area contributed by atoms with Crippen LogP contribution in [0.2, 0.25) is 10.0 Å². The fourth-order valence-electron chi connectivity index (χ4n) is 4.02. The highest BCUT2D eigenvalue weighted by Gasteiger charge is 2.41. The molecule has 0 saturated carbocycles. The molecule has 1 aliphatic rings. The highest BCUT2D eigenvalue weighted by atomic mass is 79.9. The summed E-state index contributed by atoms with van der Waals surface area (Å²) in [6.07, 6.45) is 1.56. The van der Waals surface area contributed by atoms with Crippen LogP contribution in [0.3, 0.4) is 0 Å². The van der Waals surface area contributed by atoms with Gasteiger partial charge in [0.25, 0.3) is 11.8 Å². The van der Waals surface area contributed by atoms with Crippen molar-refractivity contribution in [2.45, 2.75) is 6.61 Å². The van der Waals surface area contributed by atoms with Crippen LogP contribution in [0.25, 0.3) is 6.08 Å². The lowest BCUT2D eigenvalue weighted by molar-refractivity contribution is -0.120. The van der Waals surface area contributed by atoms with Gasteiger partial charge in [-0.3, -0.25) is 19.4 Å². The summed E-state index contributed by atoms with van der Waals surface area (Å²) in [5.74, 6) is -0.415. The molecule has 4 aromatic rings. The first-order valence-electron chi connectivity index (χ1n) is 11.7. The molecule has 5 nitrogen and oxygen atoms in total. The van der Waals surface area contributed by atoms with E-state index >= 15 is 0 Å². The van der Waals surface area contributed by atoms with Crippen molar-refractivity contribution in [2.75, 3.05) is 9.80 Å². The molecule has 5 rings (SSSR count). The van der Waals surface area contributed by atoms with Crippen molar-refractivity contribution >= 4 is 85.7 Å². The quantitative estimate of drug-likeness (QED) is 0.122. The molecule has 1 saturated heterocycles. The number of carbonyl (C=O) groups is 2. The molecule has 0 bridgehead atoms. The first kappa shape index (κ1) is 27.1. The number of para-hydroxylation sites is 2. The first-order chi connectivity index (χ1) is 18.8. The summed E-state index contributed by atoms with van der Waals surface area (Å²) in [6.45, 7) is 0.280. The Labute approximate surface area is 249 Å². The van der Waals surface area contributed by atoms with E-state index < -0.39 is 11.8 Å². The summed E-state index contributed by atoms with van der Waals surface area (Å²) < 4.78 is 6.59. The normalized spacial score (nSPS) is 13.6. The number of ether oxygens (including phenoxy) is 1. The molecular formula is C30H19BrCl2N2O3S. The van der Waals surface area contributed by atoms with Crippen molar-refractivity contribution in [1.29, 1.82) is 0 Å². The number of anilines is 2. The molecule has 9 heteroatoms. The lowest BCUT2D eigenvalue weighted by atomic mass is 10.0. The molecular weight excluding hydrogens is 619 g/mol. The second kappa shape index (κ2) is 11.7. The molecule has 4 aromatic carbocycles. The van der Waals surface area contributed by atoms with Gasteiger partial charge in [-0.1, -0.05) is 71.7 Å². The van der Waals surface area contributed by atoms with Gasteiger partial charge in [0, 0.05) is 0 Å². The van der Waals surface area contributed by atoms with E-state index in [1.807, 2.05) is 42.5 Å². The Morgan fingerprint density at radius 2 is 1.36 bits per heavy atom. The Bertz CT molecular complexity index is 1550. The van der Waals surface area contributed by atoms with E-state index in [0.717, 1.165) is 5.56 Å². The Hall–Kier alpha value is -3.49. The molecule has 194 valence electrons. The second-order valence-corrected chi connectivity index (χ2v) is 10.6. The van der Waals surface area contributed by atoms with Crippen molar-refractivity contribution in [1.82, 2.24) is 0 Å². The van der Waals surface area contributed by atoms with Gasteiger partial charge in [-0.15, -0.1) is 0 Å². The molecule has 0 spiro atoms. The highest BCUT2D eigenvalue weighted by Crippen LogP contribution is 2.32. The largest absolute Gasteiger partial charge is 0.488 e. The molecule has 1 aliphatic heterocycles. The van der Waals surface area contributed by atoms with Crippen LogP contribution in [0, 0.1) is 0 Å². The van der Waals surface area contributed by atoms with Crippen LogP contribution in [0.15, 0.2) is 107 Å². The third kappa shape index (κ3) is 5.77. The van der Waals surface area contributed by atoms with E-state index in [-0.39, 0.29) is 17.3 Å². The van der Waals surface area contributed by atoms with E-state index in [2.05, 4.69) is 15.9 Å². The zero-order valence-corrected chi connectivity index (χ0v) is 24.1. The smallest absolute Gasteiger partial charge is 0.270 e. The number of benzene rings is 4. The monoisotopic (exact) mass is 636 g/mol. The summed E-state index contributed by atoms with van der Waals surface area (Å²) in [5, 5.41) is 1.02. The highest BCUT2D eigenvalue weighted by molar-refractivity contribution is 9.10. The van der Waals surface area contributed by atoms with Crippen LogP contribution in [-0.4, -0.2) is 16.9 Å². The van der Waals surface area contributed by atoms with Gasteiger partial charge in [-0.2, -0.15) is 0 Å². The number of halogens is 3. The van der Waals surface area contributed by atoms with Gasteiger partial charge >= 0.3 is 0 Å². The minimum absolute atomic E-state index is 0.0207. The Kier molecular flexibility index (Phi) is 8.14. The fourth-order valence-corrected chi connectivity index (χ4v) is 5.23. The Balaban J connectivity index is 1.47. The predicted octanol–water partition coefficient (Wildman–Crippen LogP) is 8.08. The van der Waals surface area contributed by atoms with Crippen LogP contribution in [0.5, 0.6) is 5.75 Å². The number of rotatable bonds is 6. The number of carbonyl (C=O) groups excluding carboxylic acids is 2. The maximum Gasteiger partial charge on any atom is 0.270 e. The van der Waals surface area contributed by atoms with Crippen LogP contribution in [0.1, 0.15) is 11.1 Å². The molecule has 0 aliphatic carbocycles.